The van der Waals surface area contributed by atoms with Crippen LogP contribution in [0.2, 0.25) is 0 Å². The first-order valence-electron chi connectivity index (χ1n) is 6.83. The molecule has 1 heterocycles. The van der Waals surface area contributed by atoms with Gasteiger partial charge < -0.3 is 15.1 Å². The van der Waals surface area contributed by atoms with Gasteiger partial charge in [0, 0.05) is 50.9 Å². The highest BCUT2D eigenvalue weighted by atomic mass is 35.5. The van der Waals surface area contributed by atoms with Crippen molar-refractivity contribution in [3.63, 3.8) is 0 Å². The fourth-order valence-corrected chi connectivity index (χ4v) is 2.34. The minimum Gasteiger partial charge on any atom is -0.345 e. The maximum absolute atomic E-state index is 12.5. The summed E-state index contributed by atoms with van der Waals surface area (Å²) in [6.45, 7) is 4.27. The van der Waals surface area contributed by atoms with Crippen LogP contribution in [0.25, 0.3) is 0 Å². The summed E-state index contributed by atoms with van der Waals surface area (Å²) in [6.07, 6.45) is 0. The predicted molar refractivity (Wildman–Crippen MR) is 85.1 cm³/mol. The number of nitrogens with one attached hydrogen (secondary N) is 1. The van der Waals surface area contributed by atoms with Crippen LogP contribution in [0.15, 0.2) is 24.3 Å². The molecule has 1 aromatic carbocycles. The fourth-order valence-electron chi connectivity index (χ4n) is 2.34. The van der Waals surface area contributed by atoms with E-state index >= 15 is 0 Å². The molecule has 1 aromatic rings. The van der Waals surface area contributed by atoms with E-state index in [0.717, 1.165) is 6.54 Å². The lowest BCUT2D eigenvalue weighted by Gasteiger charge is -2.32. The number of benzene rings is 1. The van der Waals surface area contributed by atoms with Crippen LogP contribution < -0.4 is 5.32 Å². The van der Waals surface area contributed by atoms with Crippen LogP contribution >= 0.6 is 12.4 Å². The van der Waals surface area contributed by atoms with Gasteiger partial charge in [0.1, 0.15) is 0 Å². The van der Waals surface area contributed by atoms with E-state index in [1.807, 2.05) is 4.90 Å². The minimum atomic E-state index is -0.0895. The highest BCUT2D eigenvalue weighted by Gasteiger charge is 2.22. The van der Waals surface area contributed by atoms with Gasteiger partial charge in [0.2, 0.25) is 0 Å². The monoisotopic (exact) mass is 311 g/mol. The molecular weight excluding hydrogens is 290 g/mol. The second-order valence-electron chi connectivity index (χ2n) is 5.39. The first-order chi connectivity index (χ1) is 9.49. The largest absolute Gasteiger partial charge is 0.345 e. The molecule has 1 N–H and O–H groups in total. The van der Waals surface area contributed by atoms with Crippen molar-refractivity contribution in [1.82, 2.24) is 15.1 Å². The molecule has 0 saturated carbocycles. The van der Waals surface area contributed by atoms with Crippen LogP contribution in [-0.4, -0.2) is 61.4 Å². The summed E-state index contributed by atoms with van der Waals surface area (Å²) < 4.78 is 0. The summed E-state index contributed by atoms with van der Waals surface area (Å²) in [5.41, 5.74) is 1.12. The lowest BCUT2D eigenvalue weighted by molar-refractivity contribution is 0.0709. The lowest BCUT2D eigenvalue weighted by Crippen LogP contribution is -2.51. The standard InChI is InChI=1S/C15H21N3O2.ClH/c1-11-10-18(8-7-16-11)15(20)13-6-4-5-12(9-13)14(19)17(2)3;/h4-6,9,11,16H,7-8,10H2,1-3H3;1H. The average Bonchev–Trinajstić information content (AvgIpc) is 2.45. The van der Waals surface area contributed by atoms with Crippen LogP contribution in [0, 0.1) is 0 Å². The van der Waals surface area contributed by atoms with Gasteiger partial charge in [0.05, 0.1) is 0 Å². The third-order valence-corrected chi connectivity index (χ3v) is 3.42. The third-order valence-electron chi connectivity index (χ3n) is 3.42. The molecule has 1 saturated heterocycles. The zero-order valence-corrected chi connectivity index (χ0v) is 13.4. The van der Waals surface area contributed by atoms with Crippen molar-refractivity contribution in [3.8, 4) is 0 Å². The highest BCUT2D eigenvalue weighted by molar-refractivity contribution is 5.99. The Bertz CT molecular complexity index is 519. The number of carbonyl (C=O) groups is 2. The van der Waals surface area contributed by atoms with Crippen molar-refractivity contribution in [2.45, 2.75) is 13.0 Å². The molecule has 2 amide bonds. The number of nitrogens with zero attached hydrogens (tertiary/aromatic N) is 2. The van der Waals surface area contributed by atoms with E-state index in [4.69, 9.17) is 0 Å². The third kappa shape index (κ3) is 4.19. The van der Waals surface area contributed by atoms with Gasteiger partial charge in [-0.05, 0) is 25.1 Å². The van der Waals surface area contributed by atoms with Gasteiger partial charge in [-0.2, -0.15) is 0 Å². The maximum atomic E-state index is 12.5. The molecule has 0 aromatic heterocycles. The minimum absolute atomic E-state index is 0. The van der Waals surface area contributed by atoms with Crippen LogP contribution in [0.5, 0.6) is 0 Å². The van der Waals surface area contributed by atoms with Gasteiger partial charge >= 0.3 is 0 Å². The number of amides is 2. The fraction of sp³-hybridized carbons (Fsp3) is 0.467. The first-order valence-corrected chi connectivity index (χ1v) is 6.83. The number of halogens is 1. The van der Waals surface area contributed by atoms with Crippen molar-refractivity contribution in [2.75, 3.05) is 33.7 Å². The van der Waals surface area contributed by atoms with E-state index in [2.05, 4.69) is 12.2 Å². The molecule has 1 unspecified atom stereocenters. The van der Waals surface area contributed by atoms with E-state index < -0.39 is 0 Å². The number of hydrogen-bond acceptors (Lipinski definition) is 3. The summed E-state index contributed by atoms with van der Waals surface area (Å²) >= 11 is 0. The Hall–Kier alpha value is -1.59. The zero-order chi connectivity index (χ0) is 14.7. The van der Waals surface area contributed by atoms with Gasteiger partial charge in [-0.15, -0.1) is 12.4 Å². The Morgan fingerprint density at radius 3 is 2.57 bits per heavy atom. The SMILES string of the molecule is CC1CN(C(=O)c2cccc(C(=O)N(C)C)c2)CCN1.Cl. The molecule has 1 aliphatic rings. The van der Waals surface area contributed by atoms with Gasteiger partial charge in [-0.1, -0.05) is 6.07 Å². The van der Waals surface area contributed by atoms with E-state index in [9.17, 15) is 9.59 Å². The summed E-state index contributed by atoms with van der Waals surface area (Å²) in [6, 6.07) is 7.24. The second kappa shape index (κ2) is 7.43. The molecule has 116 valence electrons. The molecule has 6 heteroatoms. The zero-order valence-electron chi connectivity index (χ0n) is 12.6. The average molecular weight is 312 g/mol. The topological polar surface area (TPSA) is 52.7 Å². The quantitative estimate of drug-likeness (QED) is 0.894. The molecule has 1 atom stereocenters. The van der Waals surface area contributed by atoms with Crippen molar-refractivity contribution in [3.05, 3.63) is 35.4 Å². The Balaban J connectivity index is 0.00000220. The van der Waals surface area contributed by atoms with E-state index in [0.29, 0.717) is 30.3 Å². The van der Waals surface area contributed by atoms with Gasteiger partial charge in [-0.25, -0.2) is 0 Å². The number of hydrogen-bond donors (Lipinski definition) is 1. The van der Waals surface area contributed by atoms with E-state index in [1.165, 1.54) is 4.90 Å². The van der Waals surface area contributed by atoms with Gasteiger partial charge in [0.25, 0.3) is 11.8 Å². The normalized spacial score (nSPS) is 17.9. The van der Waals surface area contributed by atoms with Gasteiger partial charge in [0.15, 0.2) is 0 Å². The van der Waals surface area contributed by atoms with Crippen molar-refractivity contribution in [2.24, 2.45) is 0 Å². The molecule has 1 fully saturated rings. The van der Waals surface area contributed by atoms with Crippen LogP contribution in [0.4, 0.5) is 0 Å². The summed E-state index contributed by atoms with van der Waals surface area (Å²) in [4.78, 5) is 27.7. The van der Waals surface area contributed by atoms with Crippen molar-refractivity contribution >= 4 is 24.2 Å². The number of rotatable bonds is 2. The van der Waals surface area contributed by atoms with E-state index in [-0.39, 0.29) is 24.2 Å². The number of carbonyl (C=O) groups excluding carboxylic acids is 2. The Kier molecular flexibility index (Phi) is 6.18. The first kappa shape index (κ1) is 17.5. The van der Waals surface area contributed by atoms with Gasteiger partial charge in [-0.3, -0.25) is 9.59 Å². The summed E-state index contributed by atoms with van der Waals surface area (Å²) in [5, 5.41) is 3.31. The molecule has 1 aliphatic heterocycles. The molecular formula is C15H22ClN3O2. The molecule has 5 nitrogen and oxygen atoms in total. The molecule has 0 aliphatic carbocycles. The Labute approximate surface area is 131 Å². The smallest absolute Gasteiger partial charge is 0.253 e. The Morgan fingerprint density at radius 1 is 1.29 bits per heavy atom. The summed E-state index contributed by atoms with van der Waals surface area (Å²) in [5.74, 6) is -0.0971. The van der Waals surface area contributed by atoms with Crippen LogP contribution in [0.1, 0.15) is 27.6 Å². The number of piperazine rings is 1. The molecule has 2 rings (SSSR count). The van der Waals surface area contributed by atoms with Crippen molar-refractivity contribution in [1.29, 1.82) is 0 Å². The highest BCUT2D eigenvalue weighted by Crippen LogP contribution is 2.11. The molecule has 0 spiro atoms. The van der Waals surface area contributed by atoms with Crippen molar-refractivity contribution < 1.29 is 9.59 Å². The van der Waals surface area contributed by atoms with Crippen LogP contribution in [0.3, 0.4) is 0 Å². The lowest BCUT2D eigenvalue weighted by atomic mass is 10.1. The second-order valence-corrected chi connectivity index (χ2v) is 5.39. The molecule has 21 heavy (non-hydrogen) atoms. The molecule has 0 bridgehead atoms. The maximum Gasteiger partial charge on any atom is 0.253 e. The Morgan fingerprint density at radius 2 is 1.95 bits per heavy atom. The van der Waals surface area contributed by atoms with E-state index in [1.54, 1.807) is 38.4 Å². The van der Waals surface area contributed by atoms with Crippen LogP contribution in [-0.2, 0) is 0 Å². The molecule has 0 radical (unpaired) electrons. The predicted octanol–water partition coefficient (Wildman–Crippen LogP) is 1.24. The summed E-state index contributed by atoms with van der Waals surface area (Å²) in [7, 11) is 3.41.